The van der Waals surface area contributed by atoms with E-state index in [9.17, 15) is 14.7 Å². The molecule has 20 heavy (non-hydrogen) atoms. The molecule has 1 N–H and O–H groups in total. The molecule has 0 spiro atoms. The van der Waals surface area contributed by atoms with Crippen LogP contribution < -0.4 is 0 Å². The Labute approximate surface area is 115 Å². The van der Waals surface area contributed by atoms with E-state index in [0.29, 0.717) is 16.3 Å². The van der Waals surface area contributed by atoms with Crippen molar-refractivity contribution in [2.45, 2.75) is 6.92 Å². The maximum Gasteiger partial charge on any atom is 0.341 e. The Balaban J connectivity index is 2.96. The van der Waals surface area contributed by atoms with Crippen LogP contribution in [0, 0.1) is 6.92 Å². The first-order valence-electron chi connectivity index (χ1n) is 5.93. The number of esters is 2. The minimum atomic E-state index is -0.698. The van der Waals surface area contributed by atoms with Gasteiger partial charge in [-0.1, -0.05) is 24.3 Å². The lowest BCUT2D eigenvalue weighted by Gasteiger charge is -2.14. The Kier molecular flexibility index (Phi) is 3.61. The zero-order valence-electron chi connectivity index (χ0n) is 11.4. The maximum absolute atomic E-state index is 12.0. The highest BCUT2D eigenvalue weighted by Crippen LogP contribution is 2.35. The standard InChI is InChI=1S/C15H14O5/c1-8-11(14(17)19-2)9-6-4-5-7-10(9)13(16)12(8)15(18)20-3/h4-7,16H,1-3H3. The van der Waals surface area contributed by atoms with Crippen molar-refractivity contribution >= 4 is 22.7 Å². The van der Waals surface area contributed by atoms with Gasteiger partial charge in [0.05, 0.1) is 19.8 Å². The third-order valence-electron chi connectivity index (χ3n) is 3.22. The Morgan fingerprint density at radius 1 is 0.950 bits per heavy atom. The van der Waals surface area contributed by atoms with Crippen molar-refractivity contribution in [2.75, 3.05) is 14.2 Å². The molecule has 104 valence electrons. The zero-order chi connectivity index (χ0) is 14.9. The summed E-state index contributed by atoms with van der Waals surface area (Å²) in [5, 5.41) is 11.2. The number of phenols is 1. The Hall–Kier alpha value is -2.56. The van der Waals surface area contributed by atoms with Crippen LogP contribution in [-0.2, 0) is 9.47 Å². The van der Waals surface area contributed by atoms with E-state index in [2.05, 4.69) is 4.74 Å². The van der Waals surface area contributed by atoms with Gasteiger partial charge in [-0.3, -0.25) is 0 Å². The van der Waals surface area contributed by atoms with E-state index < -0.39 is 11.9 Å². The first kappa shape index (κ1) is 13.9. The molecule has 0 bridgehead atoms. The van der Waals surface area contributed by atoms with Crippen LogP contribution in [0.15, 0.2) is 24.3 Å². The quantitative estimate of drug-likeness (QED) is 0.851. The van der Waals surface area contributed by atoms with Gasteiger partial charge in [0.1, 0.15) is 11.3 Å². The number of hydrogen-bond donors (Lipinski definition) is 1. The zero-order valence-corrected chi connectivity index (χ0v) is 11.4. The molecule has 2 aromatic carbocycles. The molecule has 0 aromatic heterocycles. The van der Waals surface area contributed by atoms with Crippen LogP contribution >= 0.6 is 0 Å². The van der Waals surface area contributed by atoms with Crippen LogP contribution in [0.2, 0.25) is 0 Å². The molecule has 0 unspecified atom stereocenters. The van der Waals surface area contributed by atoms with Crippen molar-refractivity contribution in [1.82, 2.24) is 0 Å². The molecular formula is C15H14O5. The number of phenolic OH excluding ortho intramolecular Hbond substituents is 1. The predicted octanol–water partition coefficient (Wildman–Crippen LogP) is 2.43. The van der Waals surface area contributed by atoms with Gasteiger partial charge < -0.3 is 14.6 Å². The summed E-state index contributed by atoms with van der Waals surface area (Å²) >= 11 is 0. The molecule has 5 nitrogen and oxygen atoms in total. The average molecular weight is 274 g/mol. The Bertz CT molecular complexity index is 703. The molecule has 0 aliphatic carbocycles. The summed E-state index contributed by atoms with van der Waals surface area (Å²) < 4.78 is 9.42. The first-order chi connectivity index (χ1) is 9.52. The summed E-state index contributed by atoms with van der Waals surface area (Å²) in [6.07, 6.45) is 0. The number of carbonyl (C=O) groups excluding carboxylic acids is 2. The third kappa shape index (κ3) is 1.97. The lowest BCUT2D eigenvalue weighted by atomic mass is 9.93. The molecule has 0 saturated heterocycles. The van der Waals surface area contributed by atoms with E-state index in [-0.39, 0.29) is 16.9 Å². The molecule has 2 rings (SSSR count). The number of fused-ring (bicyclic) bond motifs is 1. The topological polar surface area (TPSA) is 72.8 Å². The van der Waals surface area contributed by atoms with Crippen LogP contribution in [0.25, 0.3) is 10.8 Å². The highest BCUT2D eigenvalue weighted by molar-refractivity contribution is 6.12. The summed E-state index contributed by atoms with van der Waals surface area (Å²) in [7, 11) is 2.48. The van der Waals surface area contributed by atoms with E-state index in [1.54, 1.807) is 31.2 Å². The first-order valence-corrected chi connectivity index (χ1v) is 5.93. The van der Waals surface area contributed by atoms with E-state index in [1.165, 1.54) is 14.2 Å². The van der Waals surface area contributed by atoms with E-state index >= 15 is 0 Å². The molecule has 0 saturated carbocycles. The van der Waals surface area contributed by atoms with E-state index in [0.717, 1.165) is 0 Å². The number of hydrogen-bond acceptors (Lipinski definition) is 5. The number of carbonyl (C=O) groups is 2. The summed E-state index contributed by atoms with van der Waals surface area (Å²) in [5.74, 6) is -1.46. The van der Waals surface area contributed by atoms with Gasteiger partial charge in [0.25, 0.3) is 0 Å². The lowest BCUT2D eigenvalue weighted by Crippen LogP contribution is -2.12. The molecule has 0 atom stereocenters. The molecular weight excluding hydrogens is 260 g/mol. The summed E-state index contributed by atoms with van der Waals surface area (Å²) in [6.45, 7) is 1.57. The Morgan fingerprint density at radius 3 is 2.00 bits per heavy atom. The number of benzene rings is 2. The molecule has 0 amide bonds. The van der Waals surface area contributed by atoms with Crippen LogP contribution in [0.3, 0.4) is 0 Å². The Morgan fingerprint density at radius 2 is 1.45 bits per heavy atom. The second kappa shape index (κ2) is 5.21. The van der Waals surface area contributed by atoms with Crippen LogP contribution in [0.5, 0.6) is 5.75 Å². The van der Waals surface area contributed by atoms with Crippen molar-refractivity contribution in [3.05, 3.63) is 41.0 Å². The SMILES string of the molecule is COC(=O)c1c(C)c(C(=O)OC)c2ccccc2c1O. The summed E-state index contributed by atoms with van der Waals surface area (Å²) in [4.78, 5) is 23.8. The van der Waals surface area contributed by atoms with E-state index in [1.807, 2.05) is 0 Å². The smallest absolute Gasteiger partial charge is 0.341 e. The largest absolute Gasteiger partial charge is 0.506 e. The second-order valence-electron chi connectivity index (χ2n) is 4.25. The monoisotopic (exact) mass is 274 g/mol. The fraction of sp³-hybridized carbons (Fsp3) is 0.200. The van der Waals surface area contributed by atoms with Gasteiger partial charge in [-0.15, -0.1) is 0 Å². The molecule has 0 heterocycles. The fourth-order valence-electron chi connectivity index (χ4n) is 2.26. The van der Waals surface area contributed by atoms with Crippen molar-refractivity contribution in [1.29, 1.82) is 0 Å². The number of aromatic hydroxyl groups is 1. The third-order valence-corrected chi connectivity index (χ3v) is 3.22. The van der Waals surface area contributed by atoms with Crippen molar-refractivity contribution in [3.63, 3.8) is 0 Å². The molecule has 0 aliphatic rings. The summed E-state index contributed by atoms with van der Waals surface area (Å²) in [6, 6.07) is 6.77. The van der Waals surface area contributed by atoms with Crippen LogP contribution in [-0.4, -0.2) is 31.3 Å². The van der Waals surface area contributed by atoms with Crippen molar-refractivity contribution < 1.29 is 24.2 Å². The highest BCUT2D eigenvalue weighted by atomic mass is 16.5. The predicted molar refractivity (Wildman–Crippen MR) is 73.0 cm³/mol. The lowest BCUT2D eigenvalue weighted by molar-refractivity contribution is 0.0596. The van der Waals surface area contributed by atoms with Gasteiger partial charge >= 0.3 is 11.9 Å². The van der Waals surface area contributed by atoms with Crippen molar-refractivity contribution in [2.24, 2.45) is 0 Å². The molecule has 5 heteroatoms. The minimum absolute atomic E-state index is 0.0217. The number of rotatable bonds is 2. The van der Waals surface area contributed by atoms with Gasteiger partial charge in [0.2, 0.25) is 0 Å². The molecule has 2 aromatic rings. The van der Waals surface area contributed by atoms with Gasteiger partial charge in [-0.05, 0) is 12.5 Å². The van der Waals surface area contributed by atoms with Gasteiger partial charge in [0, 0.05) is 10.8 Å². The van der Waals surface area contributed by atoms with Gasteiger partial charge in [-0.2, -0.15) is 0 Å². The van der Waals surface area contributed by atoms with E-state index in [4.69, 9.17) is 4.74 Å². The van der Waals surface area contributed by atoms with Crippen molar-refractivity contribution in [3.8, 4) is 5.75 Å². The average Bonchev–Trinajstić information content (AvgIpc) is 2.46. The number of ether oxygens (including phenoxy) is 2. The second-order valence-corrected chi connectivity index (χ2v) is 4.25. The van der Waals surface area contributed by atoms with Gasteiger partial charge in [-0.25, -0.2) is 9.59 Å². The molecule has 0 fully saturated rings. The molecule has 0 aliphatic heterocycles. The maximum atomic E-state index is 12.0. The minimum Gasteiger partial charge on any atom is -0.506 e. The normalized spacial score (nSPS) is 10.3. The summed E-state index contributed by atoms with van der Waals surface area (Å²) in [5.41, 5.74) is 0.563. The number of methoxy groups -OCH3 is 2. The fourth-order valence-corrected chi connectivity index (χ4v) is 2.26. The highest BCUT2D eigenvalue weighted by Gasteiger charge is 2.25. The van der Waals surface area contributed by atoms with Crippen LogP contribution in [0.1, 0.15) is 26.3 Å². The molecule has 0 radical (unpaired) electrons. The van der Waals surface area contributed by atoms with Gasteiger partial charge in [0.15, 0.2) is 0 Å². The van der Waals surface area contributed by atoms with Crippen LogP contribution in [0.4, 0.5) is 0 Å².